The van der Waals surface area contributed by atoms with E-state index in [2.05, 4.69) is 5.32 Å². The number of carbonyl (C=O) groups is 1. The zero-order valence-electron chi connectivity index (χ0n) is 10.0. The van der Waals surface area contributed by atoms with Crippen LogP contribution in [-0.4, -0.2) is 23.6 Å². The van der Waals surface area contributed by atoms with E-state index < -0.39 is 17.7 Å². The van der Waals surface area contributed by atoms with E-state index in [-0.39, 0.29) is 11.8 Å². The van der Waals surface area contributed by atoms with Crippen LogP contribution in [0.1, 0.15) is 34.6 Å². The number of nitrogens with one attached hydrogen (secondary N) is 2. The highest BCUT2D eigenvalue weighted by atomic mass is 16.6. The molecule has 0 saturated heterocycles. The zero-order chi connectivity index (χ0) is 12.2. The van der Waals surface area contributed by atoms with Gasteiger partial charge in [-0.3, -0.25) is 5.41 Å². The fraction of sp³-hybridized carbons (Fsp3) is 0.800. The highest BCUT2D eigenvalue weighted by Crippen LogP contribution is 2.08. The third kappa shape index (κ3) is 5.93. The summed E-state index contributed by atoms with van der Waals surface area (Å²) in [6, 6.07) is -0.472. The number of alkyl carbamates (subject to hydrolysis) is 1. The van der Waals surface area contributed by atoms with Crippen LogP contribution in [0.3, 0.4) is 0 Å². The van der Waals surface area contributed by atoms with Gasteiger partial charge < -0.3 is 15.8 Å². The number of carbonyl (C=O) groups excluding carboxylic acids is 1. The van der Waals surface area contributed by atoms with Gasteiger partial charge in [0.05, 0.1) is 6.04 Å². The minimum absolute atomic E-state index is 0.0594. The van der Waals surface area contributed by atoms with Crippen molar-refractivity contribution in [3.63, 3.8) is 0 Å². The molecule has 1 amide bonds. The summed E-state index contributed by atoms with van der Waals surface area (Å²) < 4.78 is 5.07. The lowest BCUT2D eigenvalue weighted by molar-refractivity contribution is 0.0508. The number of ether oxygens (including phenoxy) is 1. The molecule has 0 radical (unpaired) electrons. The van der Waals surface area contributed by atoms with E-state index in [9.17, 15) is 4.79 Å². The molecule has 88 valence electrons. The first kappa shape index (κ1) is 13.7. The Hall–Kier alpha value is -1.26. The van der Waals surface area contributed by atoms with E-state index >= 15 is 0 Å². The van der Waals surface area contributed by atoms with Crippen LogP contribution < -0.4 is 11.1 Å². The summed E-state index contributed by atoms with van der Waals surface area (Å²) in [5, 5.41) is 9.88. The maximum atomic E-state index is 11.4. The molecule has 0 aliphatic heterocycles. The maximum absolute atomic E-state index is 11.4. The van der Waals surface area contributed by atoms with Gasteiger partial charge in [-0.05, 0) is 26.7 Å². The summed E-state index contributed by atoms with van der Waals surface area (Å²) >= 11 is 0. The number of nitrogens with two attached hydrogens (primary N) is 1. The second-order valence-electron chi connectivity index (χ2n) is 4.82. The van der Waals surface area contributed by atoms with Gasteiger partial charge in [-0.2, -0.15) is 0 Å². The Labute approximate surface area is 90.9 Å². The molecule has 15 heavy (non-hydrogen) atoms. The van der Waals surface area contributed by atoms with Crippen LogP contribution in [-0.2, 0) is 4.74 Å². The van der Waals surface area contributed by atoms with Crippen molar-refractivity contribution in [3.05, 3.63) is 0 Å². The predicted molar refractivity (Wildman–Crippen MR) is 59.9 cm³/mol. The Balaban J connectivity index is 4.31. The third-order valence-electron chi connectivity index (χ3n) is 1.67. The molecule has 0 fully saturated rings. The van der Waals surface area contributed by atoms with Crippen LogP contribution in [0.5, 0.6) is 0 Å². The molecule has 0 heterocycles. The third-order valence-corrected chi connectivity index (χ3v) is 1.67. The van der Waals surface area contributed by atoms with Crippen LogP contribution >= 0.6 is 0 Å². The van der Waals surface area contributed by atoms with Gasteiger partial charge in [-0.15, -0.1) is 0 Å². The summed E-state index contributed by atoms with van der Waals surface area (Å²) in [5.74, 6) is 0.00544. The molecule has 1 atom stereocenters. The van der Waals surface area contributed by atoms with Gasteiger partial charge in [-0.25, -0.2) is 4.79 Å². The van der Waals surface area contributed by atoms with Crippen molar-refractivity contribution in [2.24, 2.45) is 11.7 Å². The lowest BCUT2D eigenvalue weighted by Crippen LogP contribution is -2.48. The minimum atomic E-state index is -0.545. The number of hydrogen-bond acceptors (Lipinski definition) is 3. The largest absolute Gasteiger partial charge is 0.444 e. The topological polar surface area (TPSA) is 88.2 Å². The van der Waals surface area contributed by atoms with Crippen LogP contribution in [0.25, 0.3) is 0 Å². The molecule has 0 aliphatic rings. The molecule has 0 aliphatic carbocycles. The Morgan fingerprint density at radius 3 is 2.13 bits per heavy atom. The van der Waals surface area contributed by atoms with Crippen molar-refractivity contribution >= 4 is 11.9 Å². The molecular weight excluding hydrogens is 194 g/mol. The summed E-state index contributed by atoms with van der Waals surface area (Å²) in [5.41, 5.74) is 4.82. The monoisotopic (exact) mass is 215 g/mol. The normalized spacial score (nSPS) is 13.5. The standard InChI is InChI=1S/C10H21N3O2/c1-6(2)7(8(11)12)13-9(14)15-10(3,4)5/h6-7H,1-5H3,(H3,11,12)(H,13,14)/t7-/m0/s1. The molecule has 0 bridgehead atoms. The van der Waals surface area contributed by atoms with Crippen molar-refractivity contribution < 1.29 is 9.53 Å². The fourth-order valence-electron chi connectivity index (χ4n) is 1.04. The Kier molecular flexibility index (Phi) is 4.58. The molecule has 4 N–H and O–H groups in total. The van der Waals surface area contributed by atoms with Crippen molar-refractivity contribution in [1.29, 1.82) is 5.41 Å². The van der Waals surface area contributed by atoms with Crippen LogP contribution in [0, 0.1) is 11.3 Å². The van der Waals surface area contributed by atoms with Crippen LogP contribution in [0.15, 0.2) is 0 Å². The van der Waals surface area contributed by atoms with Crippen molar-refractivity contribution in [2.45, 2.75) is 46.3 Å². The first-order valence-electron chi connectivity index (χ1n) is 4.97. The molecule has 5 nitrogen and oxygen atoms in total. The fourth-order valence-corrected chi connectivity index (χ4v) is 1.04. The van der Waals surface area contributed by atoms with Crippen molar-refractivity contribution in [2.75, 3.05) is 0 Å². The number of rotatable bonds is 3. The summed E-state index contributed by atoms with van der Waals surface area (Å²) in [6.07, 6.45) is -0.545. The van der Waals surface area contributed by atoms with E-state index in [1.165, 1.54) is 0 Å². The lowest BCUT2D eigenvalue weighted by atomic mass is 10.0. The van der Waals surface area contributed by atoms with Gasteiger partial charge in [0.15, 0.2) is 0 Å². The van der Waals surface area contributed by atoms with Gasteiger partial charge in [0, 0.05) is 0 Å². The zero-order valence-corrected chi connectivity index (χ0v) is 10.0. The molecule has 0 spiro atoms. The van der Waals surface area contributed by atoms with E-state index in [4.69, 9.17) is 15.9 Å². The van der Waals surface area contributed by atoms with Gasteiger partial charge in [0.25, 0.3) is 0 Å². The molecule has 5 heteroatoms. The molecule has 0 rings (SSSR count). The highest BCUT2D eigenvalue weighted by Gasteiger charge is 2.22. The molecule has 0 saturated carbocycles. The van der Waals surface area contributed by atoms with E-state index in [0.717, 1.165) is 0 Å². The van der Waals surface area contributed by atoms with Gasteiger partial charge >= 0.3 is 6.09 Å². The van der Waals surface area contributed by atoms with Crippen LogP contribution in [0.4, 0.5) is 4.79 Å². The molecule has 0 aromatic rings. The second-order valence-corrected chi connectivity index (χ2v) is 4.82. The molecular formula is C10H21N3O2. The van der Waals surface area contributed by atoms with Crippen molar-refractivity contribution in [1.82, 2.24) is 5.32 Å². The van der Waals surface area contributed by atoms with Crippen LogP contribution in [0.2, 0.25) is 0 Å². The SMILES string of the molecule is CC(C)[C@H](NC(=O)OC(C)(C)C)C(=N)N. The first-order chi connectivity index (χ1) is 6.63. The van der Waals surface area contributed by atoms with E-state index in [1.54, 1.807) is 20.8 Å². The molecule has 0 aromatic heterocycles. The highest BCUT2D eigenvalue weighted by molar-refractivity contribution is 5.86. The summed E-state index contributed by atoms with van der Waals surface area (Å²) in [6.45, 7) is 9.10. The smallest absolute Gasteiger partial charge is 0.408 e. The molecule has 0 aromatic carbocycles. The Morgan fingerprint density at radius 2 is 1.87 bits per heavy atom. The van der Waals surface area contributed by atoms with Gasteiger partial charge in [-0.1, -0.05) is 13.8 Å². The van der Waals surface area contributed by atoms with Gasteiger partial charge in [0.1, 0.15) is 11.4 Å². The first-order valence-corrected chi connectivity index (χ1v) is 4.97. The maximum Gasteiger partial charge on any atom is 0.408 e. The summed E-state index contributed by atoms with van der Waals surface area (Å²) in [7, 11) is 0. The number of amidine groups is 1. The predicted octanol–water partition coefficient (Wildman–Crippen LogP) is 1.47. The van der Waals surface area contributed by atoms with Crippen molar-refractivity contribution in [3.8, 4) is 0 Å². The second kappa shape index (κ2) is 5.00. The average Bonchev–Trinajstić information content (AvgIpc) is 1.95. The van der Waals surface area contributed by atoms with Gasteiger partial charge in [0.2, 0.25) is 0 Å². The van der Waals surface area contributed by atoms with E-state index in [0.29, 0.717) is 0 Å². The average molecular weight is 215 g/mol. The minimum Gasteiger partial charge on any atom is -0.444 e. The lowest BCUT2D eigenvalue weighted by Gasteiger charge is -2.24. The molecule has 0 unspecified atom stereocenters. The number of hydrogen-bond donors (Lipinski definition) is 3. The Bertz CT molecular complexity index is 244. The van der Waals surface area contributed by atoms with E-state index in [1.807, 2.05) is 13.8 Å². The summed E-state index contributed by atoms with van der Waals surface area (Å²) in [4.78, 5) is 11.4. The quantitative estimate of drug-likeness (QED) is 0.492. The number of amides is 1. The Morgan fingerprint density at radius 1 is 1.40 bits per heavy atom.